The number of hydrogen-bond acceptors (Lipinski definition) is 3. The van der Waals surface area contributed by atoms with Crippen LogP contribution in [0.3, 0.4) is 0 Å². The van der Waals surface area contributed by atoms with Gasteiger partial charge >= 0.3 is 11.1 Å². The zero-order valence-electron chi connectivity index (χ0n) is 10.8. The van der Waals surface area contributed by atoms with Crippen LogP contribution in [0, 0.1) is 5.92 Å². The van der Waals surface area contributed by atoms with Crippen molar-refractivity contribution in [1.29, 1.82) is 0 Å². The molecule has 18 heavy (non-hydrogen) atoms. The summed E-state index contributed by atoms with van der Waals surface area (Å²) in [4.78, 5) is 23.3. The van der Waals surface area contributed by atoms with Crippen molar-refractivity contribution in [2.75, 3.05) is 0 Å². The van der Waals surface area contributed by atoms with E-state index >= 15 is 0 Å². The average Bonchev–Trinajstić information content (AvgIpc) is 2.40. The molecule has 5 nitrogen and oxygen atoms in total. The minimum absolute atomic E-state index is 0.0323. The van der Waals surface area contributed by atoms with Crippen LogP contribution in [0.15, 0.2) is 22.0 Å². The average molecular weight is 251 g/mol. The van der Waals surface area contributed by atoms with E-state index in [2.05, 4.69) is 0 Å². The zero-order valence-corrected chi connectivity index (χ0v) is 10.8. The Bertz CT molecular complexity index is 512. The predicted octanol–water partition coefficient (Wildman–Crippen LogP) is 0.455. The van der Waals surface area contributed by atoms with Crippen molar-refractivity contribution in [3.63, 3.8) is 0 Å². The lowest BCUT2D eigenvalue weighted by Crippen LogP contribution is -2.44. The fourth-order valence-corrected chi connectivity index (χ4v) is 2.67. The smallest absolute Gasteiger partial charge is 0.316 e. The fraction of sp³-hybridized carbons (Fsp3) is 0.692. The molecule has 1 unspecified atom stereocenters. The van der Waals surface area contributed by atoms with Gasteiger partial charge in [0.15, 0.2) is 0 Å². The molecule has 0 aromatic carbocycles. The molecule has 1 aromatic rings. The van der Waals surface area contributed by atoms with Crippen LogP contribution in [-0.4, -0.2) is 15.2 Å². The second-order valence-corrected chi connectivity index (χ2v) is 5.23. The molecular weight excluding hydrogens is 230 g/mol. The van der Waals surface area contributed by atoms with E-state index in [1.807, 2.05) is 0 Å². The molecule has 1 aliphatic carbocycles. The fourth-order valence-electron chi connectivity index (χ4n) is 2.67. The predicted molar refractivity (Wildman–Crippen MR) is 70.5 cm³/mol. The topological polar surface area (TPSA) is 70.0 Å². The van der Waals surface area contributed by atoms with Crippen LogP contribution in [0.1, 0.15) is 32.1 Å². The molecule has 0 amide bonds. The highest BCUT2D eigenvalue weighted by atomic mass is 16.2. The van der Waals surface area contributed by atoms with Gasteiger partial charge in [0.05, 0.1) is 0 Å². The Kier molecular flexibility index (Phi) is 4.01. The number of nitrogens with zero attached hydrogens (tertiary/aromatic N) is 2. The van der Waals surface area contributed by atoms with Crippen LogP contribution < -0.4 is 16.9 Å². The van der Waals surface area contributed by atoms with Gasteiger partial charge in [-0.1, -0.05) is 19.3 Å². The molecule has 1 aliphatic rings. The Morgan fingerprint density at radius 3 is 2.56 bits per heavy atom. The SMILES string of the molecule is Cn1ccn(CC(N)C2CCCCC2)c(=O)c1=O. The molecule has 0 spiro atoms. The normalized spacial score (nSPS) is 18.8. The third kappa shape index (κ3) is 2.72. The van der Waals surface area contributed by atoms with Crippen LogP contribution in [0.25, 0.3) is 0 Å². The maximum atomic E-state index is 11.8. The number of hydrogen-bond donors (Lipinski definition) is 1. The monoisotopic (exact) mass is 251 g/mol. The van der Waals surface area contributed by atoms with E-state index in [4.69, 9.17) is 5.73 Å². The van der Waals surface area contributed by atoms with E-state index in [-0.39, 0.29) is 6.04 Å². The van der Waals surface area contributed by atoms with E-state index in [1.54, 1.807) is 19.4 Å². The molecule has 2 rings (SSSR count). The Morgan fingerprint density at radius 1 is 1.22 bits per heavy atom. The Balaban J connectivity index is 2.11. The highest BCUT2D eigenvalue weighted by Crippen LogP contribution is 2.25. The molecule has 0 bridgehead atoms. The summed E-state index contributed by atoms with van der Waals surface area (Å²) in [6.45, 7) is 0.444. The molecule has 2 N–H and O–H groups in total. The van der Waals surface area contributed by atoms with Gasteiger partial charge in [-0.05, 0) is 18.8 Å². The quantitative estimate of drug-likeness (QED) is 0.793. The van der Waals surface area contributed by atoms with E-state index in [0.717, 1.165) is 12.8 Å². The number of rotatable bonds is 3. The van der Waals surface area contributed by atoms with Gasteiger partial charge in [0.2, 0.25) is 0 Å². The first kappa shape index (κ1) is 13.1. The second kappa shape index (κ2) is 5.52. The van der Waals surface area contributed by atoms with E-state index in [9.17, 15) is 9.59 Å². The third-order valence-electron chi connectivity index (χ3n) is 3.90. The van der Waals surface area contributed by atoms with Crippen molar-refractivity contribution in [1.82, 2.24) is 9.13 Å². The van der Waals surface area contributed by atoms with Crippen molar-refractivity contribution in [3.05, 3.63) is 33.1 Å². The summed E-state index contributed by atoms with van der Waals surface area (Å²) in [7, 11) is 1.58. The lowest BCUT2D eigenvalue weighted by Gasteiger charge is -2.27. The molecule has 100 valence electrons. The van der Waals surface area contributed by atoms with Gasteiger partial charge in [0.25, 0.3) is 0 Å². The number of nitrogens with two attached hydrogens (primary N) is 1. The first-order valence-electron chi connectivity index (χ1n) is 6.61. The van der Waals surface area contributed by atoms with Gasteiger partial charge in [-0.3, -0.25) is 9.59 Å². The van der Waals surface area contributed by atoms with Crippen molar-refractivity contribution >= 4 is 0 Å². The number of aryl methyl sites for hydroxylation is 1. The van der Waals surface area contributed by atoms with Crippen LogP contribution in [0.5, 0.6) is 0 Å². The summed E-state index contributed by atoms with van der Waals surface area (Å²) >= 11 is 0. The maximum Gasteiger partial charge on any atom is 0.316 e. The summed E-state index contributed by atoms with van der Waals surface area (Å²) < 4.78 is 2.74. The zero-order chi connectivity index (χ0) is 13.1. The molecule has 0 aliphatic heterocycles. The number of aromatic nitrogens is 2. The van der Waals surface area contributed by atoms with Crippen molar-refractivity contribution in [2.45, 2.75) is 44.7 Å². The minimum Gasteiger partial charge on any atom is -0.326 e. The first-order chi connectivity index (χ1) is 8.59. The molecular formula is C13H21N3O2. The van der Waals surface area contributed by atoms with Crippen LogP contribution in [0.4, 0.5) is 0 Å². The maximum absolute atomic E-state index is 11.8. The van der Waals surface area contributed by atoms with Gasteiger partial charge in [-0.25, -0.2) is 0 Å². The van der Waals surface area contributed by atoms with E-state index in [1.165, 1.54) is 28.4 Å². The van der Waals surface area contributed by atoms with Crippen LogP contribution >= 0.6 is 0 Å². The van der Waals surface area contributed by atoms with Gasteiger partial charge in [0.1, 0.15) is 0 Å². The summed E-state index contributed by atoms with van der Waals surface area (Å²) in [5.74, 6) is 0.481. The molecule has 1 heterocycles. The summed E-state index contributed by atoms with van der Waals surface area (Å²) in [5, 5.41) is 0. The summed E-state index contributed by atoms with van der Waals surface area (Å²) in [5.41, 5.74) is 5.20. The third-order valence-corrected chi connectivity index (χ3v) is 3.90. The lowest BCUT2D eigenvalue weighted by molar-refractivity contribution is 0.283. The van der Waals surface area contributed by atoms with Gasteiger partial charge in [-0.2, -0.15) is 0 Å². The first-order valence-corrected chi connectivity index (χ1v) is 6.61. The van der Waals surface area contributed by atoms with Crippen LogP contribution in [0.2, 0.25) is 0 Å². The molecule has 0 saturated heterocycles. The molecule has 1 atom stereocenters. The summed E-state index contributed by atoms with van der Waals surface area (Å²) in [6.07, 6.45) is 9.27. The highest BCUT2D eigenvalue weighted by molar-refractivity contribution is 4.87. The Morgan fingerprint density at radius 2 is 1.89 bits per heavy atom. The molecule has 1 aromatic heterocycles. The van der Waals surface area contributed by atoms with E-state index in [0.29, 0.717) is 12.5 Å². The minimum atomic E-state index is -0.492. The van der Waals surface area contributed by atoms with Crippen molar-refractivity contribution < 1.29 is 0 Å². The largest absolute Gasteiger partial charge is 0.326 e. The van der Waals surface area contributed by atoms with Gasteiger partial charge < -0.3 is 14.9 Å². The standard InChI is InChI=1S/C13H21N3O2/c1-15-7-8-16(13(18)12(15)17)9-11(14)10-5-3-2-4-6-10/h7-8,10-11H,2-6,9,14H2,1H3. The molecule has 1 fully saturated rings. The summed E-state index contributed by atoms with van der Waals surface area (Å²) in [6, 6.07) is -0.0323. The van der Waals surface area contributed by atoms with Crippen LogP contribution in [-0.2, 0) is 13.6 Å². The lowest BCUT2D eigenvalue weighted by atomic mass is 9.84. The van der Waals surface area contributed by atoms with Crippen molar-refractivity contribution in [2.24, 2.45) is 18.7 Å². The molecule has 1 saturated carbocycles. The van der Waals surface area contributed by atoms with Crippen molar-refractivity contribution in [3.8, 4) is 0 Å². The Hall–Kier alpha value is -1.36. The van der Waals surface area contributed by atoms with E-state index < -0.39 is 11.1 Å². The van der Waals surface area contributed by atoms with Gasteiger partial charge in [0, 0.05) is 32.0 Å². The Labute approximate surface area is 106 Å². The molecule has 5 heteroatoms. The molecule has 0 radical (unpaired) electrons. The second-order valence-electron chi connectivity index (χ2n) is 5.23. The highest BCUT2D eigenvalue weighted by Gasteiger charge is 2.21. The van der Waals surface area contributed by atoms with Gasteiger partial charge in [-0.15, -0.1) is 0 Å².